The van der Waals surface area contributed by atoms with Gasteiger partial charge >= 0.3 is 8.80 Å². The molecular weight excluding hydrogens is 450 g/mol. The molecule has 0 aliphatic rings. The van der Waals surface area contributed by atoms with E-state index in [-0.39, 0.29) is 0 Å². The summed E-state index contributed by atoms with van der Waals surface area (Å²) in [6.07, 6.45) is 25.5. The van der Waals surface area contributed by atoms with Crippen molar-refractivity contribution in [2.45, 2.75) is 149 Å². The van der Waals surface area contributed by atoms with Crippen molar-refractivity contribution in [1.82, 2.24) is 0 Å². The van der Waals surface area contributed by atoms with Crippen LogP contribution in [0.3, 0.4) is 0 Å². The third kappa shape index (κ3) is 21.8. The minimum atomic E-state index is -2.48. The quantitative estimate of drug-likeness (QED) is 0.0589. The minimum absolute atomic E-state index is 0.670. The van der Waals surface area contributed by atoms with Gasteiger partial charge in [-0.25, -0.2) is 0 Å². The highest BCUT2D eigenvalue weighted by Crippen LogP contribution is 2.20. The highest BCUT2D eigenvalue weighted by Gasteiger charge is 2.40. The first kappa shape index (κ1) is 35.1. The SMILES string of the molecule is CCCCCCCCCCCCCCCCCCC[N+](C)(C)CCC[Si](OCC)(OCC)OCC. The zero-order valence-corrected chi connectivity index (χ0v) is 26.1. The number of nitrogens with zero attached hydrogens (tertiary/aromatic N) is 1. The second-order valence-corrected chi connectivity index (χ2v) is 13.9. The van der Waals surface area contributed by atoms with E-state index < -0.39 is 8.80 Å². The van der Waals surface area contributed by atoms with E-state index in [1.54, 1.807) is 0 Å². The van der Waals surface area contributed by atoms with Crippen LogP contribution in [0.5, 0.6) is 0 Å². The Balaban J connectivity index is 3.65. The van der Waals surface area contributed by atoms with E-state index in [4.69, 9.17) is 13.3 Å². The number of hydrogen-bond donors (Lipinski definition) is 0. The molecule has 0 aliphatic heterocycles. The molecule has 0 atom stereocenters. The molecule has 0 rings (SSSR count). The van der Waals surface area contributed by atoms with E-state index in [0.717, 1.165) is 16.9 Å². The van der Waals surface area contributed by atoms with E-state index in [9.17, 15) is 0 Å². The Morgan fingerprint density at radius 3 is 1.09 bits per heavy atom. The maximum atomic E-state index is 6.01. The van der Waals surface area contributed by atoms with Crippen LogP contribution in [0.1, 0.15) is 143 Å². The molecule has 0 aromatic rings. The Morgan fingerprint density at radius 2 is 0.743 bits per heavy atom. The second-order valence-electron chi connectivity index (χ2n) is 11.1. The van der Waals surface area contributed by atoms with Crippen molar-refractivity contribution in [1.29, 1.82) is 0 Å². The van der Waals surface area contributed by atoms with Crippen LogP contribution in [0.2, 0.25) is 6.04 Å². The topological polar surface area (TPSA) is 27.7 Å². The summed E-state index contributed by atoms with van der Waals surface area (Å²) in [6.45, 7) is 12.9. The smallest absolute Gasteiger partial charge is 0.374 e. The maximum absolute atomic E-state index is 6.01. The normalized spacial score (nSPS) is 12.5. The van der Waals surface area contributed by atoms with Crippen molar-refractivity contribution in [3.8, 4) is 0 Å². The molecule has 0 aliphatic carbocycles. The molecule has 0 radical (unpaired) electrons. The molecule has 0 N–H and O–H groups in total. The predicted molar refractivity (Wildman–Crippen MR) is 156 cm³/mol. The average Bonchev–Trinajstić information content (AvgIpc) is 2.81. The van der Waals surface area contributed by atoms with Crippen molar-refractivity contribution in [3.63, 3.8) is 0 Å². The van der Waals surface area contributed by atoms with Crippen molar-refractivity contribution in [2.24, 2.45) is 0 Å². The fourth-order valence-corrected chi connectivity index (χ4v) is 7.69. The van der Waals surface area contributed by atoms with Gasteiger partial charge in [0.2, 0.25) is 0 Å². The van der Waals surface area contributed by atoms with Crippen LogP contribution in [-0.4, -0.2) is 60.3 Å². The molecule has 0 amide bonds. The third-order valence-corrected chi connectivity index (χ3v) is 10.4. The van der Waals surface area contributed by atoms with Gasteiger partial charge in [0.15, 0.2) is 0 Å². The molecule has 0 heterocycles. The fourth-order valence-electron chi connectivity index (χ4n) is 5.10. The fraction of sp³-hybridized carbons (Fsp3) is 1.00. The van der Waals surface area contributed by atoms with Crippen LogP contribution in [0.25, 0.3) is 0 Å². The van der Waals surface area contributed by atoms with Crippen molar-refractivity contribution >= 4 is 8.80 Å². The standard InChI is InChI=1S/C30H66NO3Si/c1-7-11-12-13-14-15-16-17-18-19-20-21-22-23-24-25-26-28-31(5,6)29-27-30-35(32-8-2,33-9-3)34-10-4/h7-30H2,1-6H3/q+1. The summed E-state index contributed by atoms with van der Waals surface area (Å²) in [7, 11) is 2.26. The zero-order valence-electron chi connectivity index (χ0n) is 25.1. The van der Waals surface area contributed by atoms with Crippen LogP contribution in [-0.2, 0) is 13.3 Å². The van der Waals surface area contributed by atoms with Gasteiger partial charge in [-0.1, -0.05) is 103 Å². The molecule has 0 saturated heterocycles. The molecule has 212 valence electrons. The largest absolute Gasteiger partial charge is 0.501 e. The van der Waals surface area contributed by atoms with Crippen molar-refractivity contribution < 1.29 is 17.8 Å². The maximum Gasteiger partial charge on any atom is 0.501 e. The van der Waals surface area contributed by atoms with Crippen LogP contribution < -0.4 is 0 Å². The summed E-state index contributed by atoms with van der Waals surface area (Å²) in [5.74, 6) is 0. The van der Waals surface area contributed by atoms with E-state index in [1.165, 1.54) is 122 Å². The Bertz CT molecular complexity index is 417. The molecule has 35 heavy (non-hydrogen) atoms. The molecule has 5 heteroatoms. The molecular formula is C30H66NO3Si+. The Kier molecular flexibility index (Phi) is 24.4. The Hall–Kier alpha value is 0.0569. The van der Waals surface area contributed by atoms with Gasteiger partial charge in [0.25, 0.3) is 0 Å². The zero-order chi connectivity index (χ0) is 26.1. The monoisotopic (exact) mass is 516 g/mol. The highest BCUT2D eigenvalue weighted by atomic mass is 28.4. The average molecular weight is 517 g/mol. The summed E-state index contributed by atoms with van der Waals surface area (Å²) in [4.78, 5) is 0. The van der Waals surface area contributed by atoms with Gasteiger partial charge in [0.05, 0.1) is 27.2 Å². The van der Waals surface area contributed by atoms with Gasteiger partial charge in [0, 0.05) is 32.3 Å². The summed E-state index contributed by atoms with van der Waals surface area (Å²) in [6, 6.07) is 0.934. The third-order valence-electron chi connectivity index (χ3n) is 7.21. The summed E-state index contributed by atoms with van der Waals surface area (Å²) in [5, 5.41) is 0. The summed E-state index contributed by atoms with van der Waals surface area (Å²) >= 11 is 0. The lowest BCUT2D eigenvalue weighted by Gasteiger charge is -2.32. The van der Waals surface area contributed by atoms with E-state index in [0.29, 0.717) is 19.8 Å². The molecule has 0 aromatic carbocycles. The number of quaternary nitrogens is 1. The lowest BCUT2D eigenvalue weighted by Crippen LogP contribution is -2.48. The predicted octanol–water partition coefficient (Wildman–Crippen LogP) is 9.15. The molecule has 0 saturated carbocycles. The van der Waals surface area contributed by atoms with Gasteiger partial charge in [-0.05, 0) is 33.6 Å². The summed E-state index contributed by atoms with van der Waals surface area (Å²) < 4.78 is 19.1. The first-order valence-corrected chi connectivity index (χ1v) is 17.6. The van der Waals surface area contributed by atoms with Gasteiger partial charge < -0.3 is 17.8 Å². The van der Waals surface area contributed by atoms with Crippen LogP contribution in [0, 0.1) is 0 Å². The van der Waals surface area contributed by atoms with Crippen molar-refractivity contribution in [3.05, 3.63) is 0 Å². The van der Waals surface area contributed by atoms with Crippen LogP contribution in [0.4, 0.5) is 0 Å². The van der Waals surface area contributed by atoms with E-state index in [2.05, 4.69) is 21.0 Å². The highest BCUT2D eigenvalue weighted by molar-refractivity contribution is 6.60. The van der Waals surface area contributed by atoms with Gasteiger partial charge in [-0.2, -0.15) is 0 Å². The van der Waals surface area contributed by atoms with E-state index in [1.807, 2.05) is 20.8 Å². The first-order valence-electron chi connectivity index (χ1n) is 15.7. The van der Waals surface area contributed by atoms with Gasteiger partial charge in [0.1, 0.15) is 0 Å². The van der Waals surface area contributed by atoms with Gasteiger partial charge in [-0.15, -0.1) is 0 Å². The molecule has 0 bridgehead atoms. The Morgan fingerprint density at radius 1 is 0.429 bits per heavy atom. The number of hydrogen-bond acceptors (Lipinski definition) is 3. The lowest BCUT2D eigenvalue weighted by atomic mass is 10.0. The first-order chi connectivity index (χ1) is 16.9. The number of rotatable bonds is 28. The molecule has 0 fully saturated rings. The Labute approximate surface area is 222 Å². The van der Waals surface area contributed by atoms with E-state index >= 15 is 0 Å². The molecule has 0 spiro atoms. The minimum Gasteiger partial charge on any atom is -0.374 e. The molecule has 0 unspecified atom stereocenters. The van der Waals surface area contributed by atoms with Crippen molar-refractivity contribution in [2.75, 3.05) is 47.0 Å². The molecule has 0 aromatic heterocycles. The summed E-state index contributed by atoms with van der Waals surface area (Å²) in [5.41, 5.74) is 0. The lowest BCUT2D eigenvalue weighted by molar-refractivity contribution is -0.890. The molecule has 4 nitrogen and oxygen atoms in total. The second kappa shape index (κ2) is 24.4. The van der Waals surface area contributed by atoms with Crippen LogP contribution in [0.15, 0.2) is 0 Å². The van der Waals surface area contributed by atoms with Crippen LogP contribution >= 0.6 is 0 Å². The number of unbranched alkanes of at least 4 members (excludes halogenated alkanes) is 16. The van der Waals surface area contributed by atoms with Gasteiger partial charge in [-0.3, -0.25) is 0 Å².